The Morgan fingerprint density at radius 3 is 2.92 bits per heavy atom. The third-order valence-electron chi connectivity index (χ3n) is 1.93. The maximum absolute atomic E-state index is 12.7. The summed E-state index contributed by atoms with van der Waals surface area (Å²) in [5.74, 6) is -0.663. The number of aliphatic hydroxyl groups is 1. The minimum absolute atomic E-state index is 0.150. The number of allylic oxidation sites excluding steroid dienone is 4. The number of rotatable bonds is 2. The Morgan fingerprint density at radius 1 is 1.75 bits per heavy atom. The molecule has 0 aromatic heterocycles. The maximum Gasteiger partial charge on any atom is 0.160 e. The van der Waals surface area contributed by atoms with Crippen LogP contribution in [0.1, 0.15) is 26.2 Å². The van der Waals surface area contributed by atoms with E-state index >= 15 is 0 Å². The van der Waals surface area contributed by atoms with Crippen LogP contribution in [0.4, 0.5) is 4.39 Å². The molecule has 1 nitrogen and oxygen atoms in total. The molecule has 0 saturated carbocycles. The highest BCUT2D eigenvalue weighted by atomic mass is 79.9. The topological polar surface area (TPSA) is 20.2 Å². The number of hydrogen-bond donors (Lipinski definition) is 1. The average Bonchev–Trinajstić information content (AvgIpc) is 1.98. The molecular weight excluding hydrogens is 223 g/mol. The molecule has 0 bridgehead atoms. The molecule has 0 fully saturated rings. The molecule has 1 aliphatic carbocycles. The summed E-state index contributed by atoms with van der Waals surface area (Å²) in [5, 5.41) is 9.16. The summed E-state index contributed by atoms with van der Waals surface area (Å²) < 4.78 is 12.4. The number of alkyl halides is 1. The van der Waals surface area contributed by atoms with E-state index in [2.05, 4.69) is 22.9 Å². The zero-order valence-corrected chi connectivity index (χ0v) is 8.57. The van der Waals surface area contributed by atoms with Gasteiger partial charge in [0.05, 0.1) is 4.32 Å². The molecule has 1 atom stereocenters. The van der Waals surface area contributed by atoms with Gasteiger partial charge in [0.2, 0.25) is 0 Å². The first-order chi connectivity index (χ1) is 5.57. The highest BCUT2D eigenvalue weighted by Crippen LogP contribution is 2.37. The average molecular weight is 235 g/mol. The molecule has 0 aromatic rings. The lowest BCUT2D eigenvalue weighted by molar-refractivity contribution is 0.344. The van der Waals surface area contributed by atoms with Crippen LogP contribution in [-0.2, 0) is 0 Å². The molecule has 1 aliphatic rings. The molecule has 3 heteroatoms. The molecule has 0 aliphatic heterocycles. The second-order valence-electron chi connectivity index (χ2n) is 3.09. The lowest BCUT2D eigenvalue weighted by Gasteiger charge is -2.25. The van der Waals surface area contributed by atoms with Crippen LogP contribution in [-0.4, -0.2) is 9.43 Å². The Morgan fingerprint density at radius 2 is 2.42 bits per heavy atom. The van der Waals surface area contributed by atoms with Crippen LogP contribution in [0, 0.1) is 0 Å². The quantitative estimate of drug-likeness (QED) is 0.724. The van der Waals surface area contributed by atoms with Gasteiger partial charge in [-0.1, -0.05) is 35.4 Å². The second-order valence-corrected chi connectivity index (χ2v) is 4.67. The van der Waals surface area contributed by atoms with Crippen LogP contribution in [0.5, 0.6) is 0 Å². The van der Waals surface area contributed by atoms with Crippen LogP contribution in [0.3, 0.4) is 0 Å². The van der Waals surface area contributed by atoms with Gasteiger partial charge >= 0.3 is 0 Å². The van der Waals surface area contributed by atoms with Crippen LogP contribution in [0.2, 0.25) is 0 Å². The van der Waals surface area contributed by atoms with E-state index in [1.165, 1.54) is 6.08 Å². The highest BCUT2D eigenvalue weighted by Gasteiger charge is 2.28. The zero-order chi connectivity index (χ0) is 9.19. The van der Waals surface area contributed by atoms with Crippen molar-refractivity contribution < 1.29 is 9.50 Å². The largest absolute Gasteiger partial charge is 0.509 e. The lowest BCUT2D eigenvalue weighted by atomic mass is 9.94. The molecule has 0 saturated heterocycles. The fourth-order valence-electron chi connectivity index (χ4n) is 1.33. The molecule has 0 heterocycles. The summed E-state index contributed by atoms with van der Waals surface area (Å²) in [6, 6.07) is 0. The first-order valence-electron chi connectivity index (χ1n) is 4.03. The van der Waals surface area contributed by atoms with E-state index in [9.17, 15) is 4.39 Å². The third kappa shape index (κ3) is 2.09. The molecular formula is C9H12BrFO. The number of halogens is 2. The van der Waals surface area contributed by atoms with Gasteiger partial charge in [0.15, 0.2) is 5.83 Å². The van der Waals surface area contributed by atoms with Gasteiger partial charge < -0.3 is 5.11 Å². The van der Waals surface area contributed by atoms with E-state index in [0.717, 1.165) is 12.8 Å². The summed E-state index contributed by atoms with van der Waals surface area (Å²) in [5.41, 5.74) is 0. The molecule has 68 valence electrons. The normalized spacial score (nSPS) is 29.6. The van der Waals surface area contributed by atoms with Gasteiger partial charge in [-0.25, -0.2) is 4.39 Å². The van der Waals surface area contributed by atoms with Crippen molar-refractivity contribution in [3.05, 3.63) is 23.7 Å². The molecule has 1 N–H and O–H groups in total. The van der Waals surface area contributed by atoms with Crippen molar-refractivity contribution in [2.45, 2.75) is 30.5 Å². The van der Waals surface area contributed by atoms with Crippen molar-refractivity contribution in [3.63, 3.8) is 0 Å². The van der Waals surface area contributed by atoms with E-state index in [4.69, 9.17) is 5.11 Å². The van der Waals surface area contributed by atoms with Gasteiger partial charge in [0.25, 0.3) is 0 Å². The summed E-state index contributed by atoms with van der Waals surface area (Å²) in [6.45, 7) is 2.06. The monoisotopic (exact) mass is 234 g/mol. The van der Waals surface area contributed by atoms with Gasteiger partial charge in [0, 0.05) is 6.42 Å². The Balaban J connectivity index is 2.72. The highest BCUT2D eigenvalue weighted by molar-refractivity contribution is 9.10. The number of aliphatic hydroxyl groups excluding tert-OH is 1. The third-order valence-corrected chi connectivity index (χ3v) is 2.87. The molecule has 0 spiro atoms. The summed E-state index contributed by atoms with van der Waals surface area (Å²) in [7, 11) is 0. The fraction of sp³-hybridized carbons (Fsp3) is 0.556. The van der Waals surface area contributed by atoms with E-state index in [0.29, 0.717) is 6.42 Å². The first kappa shape index (κ1) is 9.78. The van der Waals surface area contributed by atoms with Crippen molar-refractivity contribution >= 4 is 15.9 Å². The van der Waals surface area contributed by atoms with Crippen molar-refractivity contribution in [2.24, 2.45) is 0 Å². The smallest absolute Gasteiger partial charge is 0.160 e. The maximum atomic E-state index is 12.7. The lowest BCUT2D eigenvalue weighted by Crippen LogP contribution is -2.20. The van der Waals surface area contributed by atoms with E-state index in [1.54, 1.807) is 6.08 Å². The SMILES string of the molecule is CCCC1(Br)C=CC(F)=C(O)C1. The Hall–Kier alpha value is -0.310. The second kappa shape index (κ2) is 3.60. The zero-order valence-electron chi connectivity index (χ0n) is 6.98. The molecule has 1 rings (SSSR count). The standard InChI is InChI=1S/C9H12BrFO/c1-2-4-9(10)5-3-7(11)8(12)6-9/h3,5,12H,2,4,6H2,1H3. The predicted octanol–water partition coefficient (Wildman–Crippen LogP) is 3.62. The van der Waals surface area contributed by atoms with E-state index in [-0.39, 0.29) is 10.1 Å². The van der Waals surface area contributed by atoms with Gasteiger partial charge in [-0.15, -0.1) is 0 Å². The van der Waals surface area contributed by atoms with Gasteiger partial charge in [0.1, 0.15) is 5.76 Å². The summed E-state index contributed by atoms with van der Waals surface area (Å²) >= 11 is 3.48. The van der Waals surface area contributed by atoms with Crippen molar-refractivity contribution in [1.29, 1.82) is 0 Å². The van der Waals surface area contributed by atoms with E-state index < -0.39 is 5.83 Å². The molecule has 1 unspecified atom stereocenters. The van der Waals surface area contributed by atoms with Crippen LogP contribution in [0.25, 0.3) is 0 Å². The van der Waals surface area contributed by atoms with Crippen molar-refractivity contribution in [2.75, 3.05) is 0 Å². The van der Waals surface area contributed by atoms with Gasteiger partial charge in [-0.2, -0.15) is 0 Å². The summed E-state index contributed by atoms with van der Waals surface area (Å²) in [6.07, 6.45) is 5.35. The van der Waals surface area contributed by atoms with Crippen LogP contribution in [0.15, 0.2) is 23.7 Å². The minimum Gasteiger partial charge on any atom is -0.509 e. The number of hydrogen-bond acceptors (Lipinski definition) is 1. The van der Waals surface area contributed by atoms with Crippen molar-refractivity contribution in [1.82, 2.24) is 0 Å². The Bertz CT molecular complexity index is 235. The Labute approximate surface area is 80.1 Å². The van der Waals surface area contributed by atoms with Crippen LogP contribution >= 0.6 is 15.9 Å². The molecule has 0 amide bonds. The van der Waals surface area contributed by atoms with Gasteiger partial charge in [-0.3, -0.25) is 0 Å². The van der Waals surface area contributed by atoms with Crippen molar-refractivity contribution in [3.8, 4) is 0 Å². The molecule has 12 heavy (non-hydrogen) atoms. The molecule has 0 radical (unpaired) electrons. The molecule has 0 aromatic carbocycles. The summed E-state index contributed by atoms with van der Waals surface area (Å²) in [4.78, 5) is 0. The first-order valence-corrected chi connectivity index (χ1v) is 4.82. The minimum atomic E-state index is -0.513. The Kier molecular flexibility index (Phi) is 2.94. The predicted molar refractivity (Wildman–Crippen MR) is 51.1 cm³/mol. The fourth-order valence-corrected chi connectivity index (χ4v) is 2.12. The van der Waals surface area contributed by atoms with Gasteiger partial charge in [-0.05, 0) is 12.5 Å². The van der Waals surface area contributed by atoms with Crippen LogP contribution < -0.4 is 0 Å². The van der Waals surface area contributed by atoms with E-state index in [1.807, 2.05) is 0 Å².